The maximum Gasteiger partial charge on any atom is 0.293 e. The molecule has 7 heteroatoms. The Bertz CT molecular complexity index is 1100. The van der Waals surface area contributed by atoms with Crippen molar-refractivity contribution in [2.75, 3.05) is 44.7 Å². The molecule has 0 spiro atoms. The van der Waals surface area contributed by atoms with Crippen molar-refractivity contribution in [2.45, 2.75) is 59.4 Å². The van der Waals surface area contributed by atoms with Crippen LogP contribution in [0.1, 0.15) is 58.4 Å². The van der Waals surface area contributed by atoms with Gasteiger partial charge in [0.25, 0.3) is 5.56 Å². The second-order valence-corrected chi connectivity index (χ2v) is 9.20. The topological polar surface area (TPSA) is 72.3 Å². The first-order valence-corrected chi connectivity index (χ1v) is 13.0. The van der Waals surface area contributed by atoms with Gasteiger partial charge in [-0.3, -0.25) is 9.36 Å². The Labute approximate surface area is 209 Å². The van der Waals surface area contributed by atoms with E-state index in [1.165, 1.54) is 32.4 Å². The molecule has 1 aliphatic heterocycles. The summed E-state index contributed by atoms with van der Waals surface area (Å²) in [5.41, 5.74) is 4.07. The predicted octanol–water partition coefficient (Wildman–Crippen LogP) is 5.04. The van der Waals surface area contributed by atoms with Crippen LogP contribution in [-0.2, 0) is 11.3 Å². The van der Waals surface area contributed by atoms with Gasteiger partial charge in [0.05, 0.1) is 12.1 Å². The minimum atomic E-state index is -0.131. The highest BCUT2D eigenvalue weighted by Gasteiger charge is 2.14. The molecule has 2 aromatic rings. The van der Waals surface area contributed by atoms with Crippen LogP contribution in [0.25, 0.3) is 16.7 Å². The van der Waals surface area contributed by atoms with Crippen LogP contribution in [-0.4, -0.2) is 58.8 Å². The summed E-state index contributed by atoms with van der Waals surface area (Å²) in [7, 11) is 0. The Hall–Kier alpha value is -2.77. The number of nitrogens with zero attached hydrogens (tertiary/aromatic N) is 4. The molecule has 1 fully saturated rings. The lowest BCUT2D eigenvalue weighted by Gasteiger charge is -2.26. The number of allylic oxidation sites excluding steroid dienone is 5. The van der Waals surface area contributed by atoms with E-state index in [2.05, 4.69) is 33.7 Å². The largest absolute Gasteiger partial charge is 0.380 e. The van der Waals surface area contributed by atoms with E-state index in [9.17, 15) is 4.79 Å². The molecular formula is C28H41N5O2. The molecule has 3 heterocycles. The molecule has 1 aliphatic rings. The van der Waals surface area contributed by atoms with E-state index in [1.54, 1.807) is 4.57 Å². The highest BCUT2D eigenvalue weighted by atomic mass is 16.5. The standard InChI is InChI=1S/C28H41N5O2/c1-5-18-35-19-17-33-25-20-24(23(6-2)12-11-22(3)4)21-30-26(25)31-27(28(33)34)29-13-10-16-32-14-8-7-9-15-32/h6,11-12,20-21H,3,5,7-10,13-19H2,1-2,4H3,(H,29,30,31)/b12-11-,23-6?. The van der Waals surface area contributed by atoms with Gasteiger partial charge in [-0.25, -0.2) is 9.97 Å². The predicted molar refractivity (Wildman–Crippen MR) is 146 cm³/mol. The second-order valence-electron chi connectivity index (χ2n) is 9.20. The molecule has 1 saturated heterocycles. The maximum absolute atomic E-state index is 13.4. The van der Waals surface area contributed by atoms with Crippen molar-refractivity contribution < 1.29 is 4.74 Å². The Kier molecular flexibility index (Phi) is 10.7. The third-order valence-corrected chi connectivity index (χ3v) is 6.20. The van der Waals surface area contributed by atoms with Crippen molar-refractivity contribution in [1.82, 2.24) is 19.4 Å². The number of hydrogen-bond acceptors (Lipinski definition) is 6. The summed E-state index contributed by atoms with van der Waals surface area (Å²) in [5, 5.41) is 3.28. The molecular weight excluding hydrogens is 438 g/mol. The highest BCUT2D eigenvalue weighted by molar-refractivity contribution is 5.81. The van der Waals surface area contributed by atoms with Crippen molar-refractivity contribution in [3.63, 3.8) is 0 Å². The van der Waals surface area contributed by atoms with Crippen LogP contribution in [0.2, 0.25) is 0 Å². The zero-order valence-corrected chi connectivity index (χ0v) is 21.7. The summed E-state index contributed by atoms with van der Waals surface area (Å²) in [5.74, 6) is 0.361. The Morgan fingerprint density at radius 3 is 2.71 bits per heavy atom. The lowest BCUT2D eigenvalue weighted by atomic mass is 10.1. The van der Waals surface area contributed by atoms with E-state index in [0.29, 0.717) is 37.8 Å². The monoisotopic (exact) mass is 479 g/mol. The van der Waals surface area contributed by atoms with Crippen LogP contribution in [0, 0.1) is 0 Å². The highest BCUT2D eigenvalue weighted by Crippen LogP contribution is 2.20. The lowest BCUT2D eigenvalue weighted by molar-refractivity contribution is 0.127. The fraction of sp³-hybridized carbons (Fsp3) is 0.536. The van der Waals surface area contributed by atoms with Crippen LogP contribution in [0.4, 0.5) is 5.82 Å². The molecule has 0 saturated carbocycles. The van der Waals surface area contributed by atoms with Gasteiger partial charge in [-0.1, -0.05) is 43.7 Å². The van der Waals surface area contributed by atoms with E-state index >= 15 is 0 Å². The Balaban J connectivity index is 1.84. The average Bonchev–Trinajstić information content (AvgIpc) is 2.87. The molecule has 0 amide bonds. The van der Waals surface area contributed by atoms with E-state index < -0.39 is 0 Å². The molecule has 0 aliphatic carbocycles. The molecule has 190 valence electrons. The molecule has 0 bridgehead atoms. The zero-order valence-electron chi connectivity index (χ0n) is 21.7. The van der Waals surface area contributed by atoms with Crippen molar-refractivity contribution in [2.24, 2.45) is 0 Å². The summed E-state index contributed by atoms with van der Waals surface area (Å²) in [6.07, 6.45) is 13.7. The van der Waals surface area contributed by atoms with Gasteiger partial charge in [0.15, 0.2) is 11.5 Å². The number of nitrogens with one attached hydrogen (secondary N) is 1. The first-order chi connectivity index (χ1) is 17.0. The van der Waals surface area contributed by atoms with E-state index in [0.717, 1.165) is 41.6 Å². The summed E-state index contributed by atoms with van der Waals surface area (Å²) in [4.78, 5) is 25.2. The van der Waals surface area contributed by atoms with Crippen molar-refractivity contribution >= 4 is 22.6 Å². The first-order valence-electron chi connectivity index (χ1n) is 13.0. The quantitative estimate of drug-likeness (QED) is 0.320. The van der Waals surface area contributed by atoms with Gasteiger partial charge in [0.1, 0.15) is 0 Å². The van der Waals surface area contributed by atoms with Crippen molar-refractivity contribution in [3.8, 4) is 0 Å². The number of likely N-dealkylation sites (tertiary alicyclic amines) is 1. The molecule has 1 N–H and O–H groups in total. The molecule has 0 radical (unpaired) electrons. The molecule has 0 atom stereocenters. The SMILES string of the molecule is C=C(C)/C=C\C(=CC)c1cnc2nc(NCCCN3CCCCC3)c(=O)n(CCOCCC)c2c1. The second kappa shape index (κ2) is 14.0. The number of rotatable bonds is 13. The minimum Gasteiger partial charge on any atom is -0.380 e. The number of ether oxygens (including phenoxy) is 1. The summed E-state index contributed by atoms with van der Waals surface area (Å²) in [6, 6.07) is 1.99. The molecule has 2 aromatic heterocycles. The van der Waals surface area contributed by atoms with Crippen LogP contribution in [0.15, 0.2) is 47.4 Å². The van der Waals surface area contributed by atoms with Gasteiger partial charge in [-0.15, -0.1) is 0 Å². The van der Waals surface area contributed by atoms with E-state index in [4.69, 9.17) is 4.74 Å². The maximum atomic E-state index is 13.4. The zero-order chi connectivity index (χ0) is 25.0. The van der Waals surface area contributed by atoms with Gasteiger partial charge in [0.2, 0.25) is 0 Å². The van der Waals surface area contributed by atoms with Gasteiger partial charge in [-0.2, -0.15) is 0 Å². The fourth-order valence-electron chi connectivity index (χ4n) is 4.30. The Morgan fingerprint density at radius 1 is 1.20 bits per heavy atom. The van der Waals surface area contributed by atoms with Gasteiger partial charge in [-0.05, 0) is 70.8 Å². The van der Waals surface area contributed by atoms with Crippen LogP contribution in [0.3, 0.4) is 0 Å². The van der Waals surface area contributed by atoms with Gasteiger partial charge >= 0.3 is 0 Å². The number of anilines is 1. The first kappa shape index (κ1) is 26.8. The average molecular weight is 480 g/mol. The number of fused-ring (bicyclic) bond motifs is 1. The van der Waals surface area contributed by atoms with Crippen LogP contribution in [0.5, 0.6) is 0 Å². The van der Waals surface area contributed by atoms with Gasteiger partial charge in [0, 0.05) is 31.5 Å². The molecule has 3 rings (SSSR count). The molecule has 0 unspecified atom stereocenters. The smallest absolute Gasteiger partial charge is 0.293 e. The number of aromatic nitrogens is 3. The summed E-state index contributed by atoms with van der Waals surface area (Å²) >= 11 is 0. The van der Waals surface area contributed by atoms with Crippen molar-refractivity contribution in [3.05, 3.63) is 58.6 Å². The third-order valence-electron chi connectivity index (χ3n) is 6.20. The lowest BCUT2D eigenvalue weighted by Crippen LogP contribution is -2.32. The molecule has 7 nitrogen and oxygen atoms in total. The number of piperidine rings is 1. The third kappa shape index (κ3) is 7.87. The summed E-state index contributed by atoms with van der Waals surface area (Å²) < 4.78 is 7.45. The number of hydrogen-bond donors (Lipinski definition) is 1. The Morgan fingerprint density at radius 2 is 2.00 bits per heavy atom. The normalized spacial score (nSPS) is 15.2. The summed E-state index contributed by atoms with van der Waals surface area (Å²) in [6.45, 7) is 15.7. The van der Waals surface area contributed by atoms with Crippen LogP contribution >= 0.6 is 0 Å². The van der Waals surface area contributed by atoms with Crippen molar-refractivity contribution in [1.29, 1.82) is 0 Å². The molecule has 35 heavy (non-hydrogen) atoms. The van der Waals surface area contributed by atoms with Crippen LogP contribution < -0.4 is 10.9 Å². The number of pyridine rings is 1. The van der Waals surface area contributed by atoms with Gasteiger partial charge < -0.3 is 15.0 Å². The van der Waals surface area contributed by atoms with E-state index in [-0.39, 0.29) is 5.56 Å². The molecule has 0 aromatic carbocycles. The fourth-order valence-corrected chi connectivity index (χ4v) is 4.30. The van der Waals surface area contributed by atoms with E-state index in [1.807, 2.05) is 44.3 Å². The minimum absolute atomic E-state index is 0.131.